The van der Waals surface area contributed by atoms with Crippen molar-refractivity contribution in [3.63, 3.8) is 0 Å². The Morgan fingerprint density at radius 2 is 1.30 bits per heavy atom. The van der Waals surface area contributed by atoms with Crippen molar-refractivity contribution in [1.29, 1.82) is 0 Å². The normalized spacial score (nSPS) is 14.3. The van der Waals surface area contributed by atoms with E-state index in [2.05, 4.69) is 52.0 Å². The molecule has 0 amide bonds. The Hall–Kier alpha value is -1.89. The lowest BCUT2D eigenvalue weighted by molar-refractivity contribution is 0.0945. The predicted molar refractivity (Wildman–Crippen MR) is 97.9 cm³/mol. The van der Waals surface area contributed by atoms with Crippen molar-refractivity contribution in [3.8, 4) is 0 Å². The fourth-order valence-corrected chi connectivity index (χ4v) is 2.91. The molecule has 1 atom stereocenters. The van der Waals surface area contributed by atoms with Gasteiger partial charge >= 0.3 is 0 Å². The van der Waals surface area contributed by atoms with Crippen molar-refractivity contribution in [3.05, 3.63) is 71.8 Å². The highest BCUT2D eigenvalue weighted by molar-refractivity contribution is 5.96. The molecule has 0 radical (unpaired) electrons. The van der Waals surface area contributed by atoms with Gasteiger partial charge in [-0.2, -0.15) is 0 Å². The molecule has 23 heavy (non-hydrogen) atoms. The van der Waals surface area contributed by atoms with Gasteiger partial charge in [0, 0.05) is 12.0 Å². The largest absolute Gasteiger partial charge is 0.294 e. The van der Waals surface area contributed by atoms with Gasteiger partial charge < -0.3 is 0 Å². The molecule has 2 aromatic rings. The standard InChI is InChI=1S/C22H28O/c1-21(2,3)15-16-22(4,19-13-9-6-10-14-19)17-20(23)18-11-7-5-8-12-18/h5-14H,15-17H2,1-4H3. The molecule has 0 saturated carbocycles. The molecule has 2 rings (SSSR count). The maximum Gasteiger partial charge on any atom is 0.163 e. The van der Waals surface area contributed by atoms with E-state index in [1.165, 1.54) is 5.56 Å². The van der Waals surface area contributed by atoms with E-state index in [0.717, 1.165) is 18.4 Å². The van der Waals surface area contributed by atoms with Crippen molar-refractivity contribution in [2.75, 3.05) is 0 Å². The summed E-state index contributed by atoms with van der Waals surface area (Å²) in [6, 6.07) is 20.1. The van der Waals surface area contributed by atoms with E-state index < -0.39 is 0 Å². The number of Topliss-reactive ketones (excluding diaryl/α,β-unsaturated/α-hetero) is 1. The Kier molecular flexibility index (Phi) is 5.41. The van der Waals surface area contributed by atoms with E-state index >= 15 is 0 Å². The van der Waals surface area contributed by atoms with Crippen LogP contribution < -0.4 is 0 Å². The van der Waals surface area contributed by atoms with Crippen molar-refractivity contribution in [2.45, 2.75) is 52.4 Å². The van der Waals surface area contributed by atoms with E-state index in [4.69, 9.17) is 0 Å². The van der Waals surface area contributed by atoms with E-state index in [9.17, 15) is 4.79 Å². The smallest absolute Gasteiger partial charge is 0.163 e. The van der Waals surface area contributed by atoms with Gasteiger partial charge in [0.15, 0.2) is 5.78 Å². The molecule has 0 spiro atoms. The second-order valence-corrected chi connectivity index (χ2v) is 7.95. The predicted octanol–water partition coefficient (Wildman–Crippen LogP) is 6.04. The summed E-state index contributed by atoms with van der Waals surface area (Å²) in [6.45, 7) is 9.02. The molecule has 0 aliphatic carbocycles. The van der Waals surface area contributed by atoms with Gasteiger partial charge in [-0.15, -0.1) is 0 Å². The molecule has 0 aliphatic rings. The SMILES string of the molecule is CC(C)(C)CCC(C)(CC(=O)c1ccccc1)c1ccccc1. The van der Waals surface area contributed by atoms with Crippen LogP contribution >= 0.6 is 0 Å². The van der Waals surface area contributed by atoms with E-state index in [1.807, 2.05) is 36.4 Å². The summed E-state index contributed by atoms with van der Waals surface area (Å²) >= 11 is 0. The van der Waals surface area contributed by atoms with Crippen LogP contribution in [-0.2, 0) is 5.41 Å². The van der Waals surface area contributed by atoms with Gasteiger partial charge in [-0.25, -0.2) is 0 Å². The second-order valence-electron chi connectivity index (χ2n) is 7.95. The topological polar surface area (TPSA) is 17.1 Å². The fraction of sp³-hybridized carbons (Fsp3) is 0.409. The Bertz CT molecular complexity index is 622. The summed E-state index contributed by atoms with van der Waals surface area (Å²) in [7, 11) is 0. The summed E-state index contributed by atoms with van der Waals surface area (Å²) in [5.41, 5.74) is 2.21. The zero-order valence-electron chi connectivity index (χ0n) is 14.8. The first-order chi connectivity index (χ1) is 10.8. The number of benzene rings is 2. The summed E-state index contributed by atoms with van der Waals surface area (Å²) in [6.07, 6.45) is 2.66. The average Bonchev–Trinajstić information content (AvgIpc) is 2.54. The Morgan fingerprint density at radius 3 is 1.83 bits per heavy atom. The highest BCUT2D eigenvalue weighted by Gasteiger charge is 2.31. The van der Waals surface area contributed by atoms with Crippen LogP contribution in [0.3, 0.4) is 0 Å². The third-order valence-electron chi connectivity index (χ3n) is 4.54. The summed E-state index contributed by atoms with van der Waals surface area (Å²) in [5, 5.41) is 0. The number of ketones is 1. The van der Waals surface area contributed by atoms with E-state index in [0.29, 0.717) is 6.42 Å². The van der Waals surface area contributed by atoms with Gasteiger partial charge in [0.1, 0.15) is 0 Å². The van der Waals surface area contributed by atoms with Crippen LogP contribution in [0.2, 0.25) is 0 Å². The first-order valence-corrected chi connectivity index (χ1v) is 8.44. The molecule has 122 valence electrons. The second kappa shape index (κ2) is 7.12. The molecule has 1 heteroatoms. The highest BCUT2D eigenvalue weighted by atomic mass is 16.1. The first-order valence-electron chi connectivity index (χ1n) is 8.44. The monoisotopic (exact) mass is 308 g/mol. The zero-order chi connectivity index (χ0) is 16.9. The molecule has 1 unspecified atom stereocenters. The van der Waals surface area contributed by atoms with Gasteiger partial charge in [0.2, 0.25) is 0 Å². The minimum absolute atomic E-state index is 0.124. The van der Waals surface area contributed by atoms with Crippen molar-refractivity contribution < 1.29 is 4.79 Å². The van der Waals surface area contributed by atoms with Crippen LogP contribution in [0, 0.1) is 5.41 Å². The summed E-state index contributed by atoms with van der Waals surface area (Å²) in [5.74, 6) is 0.228. The third-order valence-corrected chi connectivity index (χ3v) is 4.54. The number of hydrogen-bond acceptors (Lipinski definition) is 1. The van der Waals surface area contributed by atoms with Crippen LogP contribution in [0.25, 0.3) is 0 Å². The number of rotatable bonds is 6. The molecule has 0 N–H and O–H groups in total. The zero-order valence-corrected chi connectivity index (χ0v) is 14.8. The molecule has 0 aromatic heterocycles. The van der Waals surface area contributed by atoms with Crippen molar-refractivity contribution in [2.24, 2.45) is 5.41 Å². The maximum absolute atomic E-state index is 12.8. The van der Waals surface area contributed by atoms with Crippen molar-refractivity contribution >= 4 is 5.78 Å². The Labute approximate surface area is 140 Å². The highest BCUT2D eigenvalue weighted by Crippen LogP contribution is 2.37. The van der Waals surface area contributed by atoms with Gasteiger partial charge in [0.25, 0.3) is 0 Å². The summed E-state index contributed by atoms with van der Waals surface area (Å²) in [4.78, 5) is 12.8. The Balaban J connectivity index is 2.25. The molecule has 0 heterocycles. The van der Waals surface area contributed by atoms with Gasteiger partial charge in [-0.05, 0) is 29.2 Å². The average molecular weight is 308 g/mol. The lowest BCUT2D eigenvalue weighted by Crippen LogP contribution is -2.27. The van der Waals surface area contributed by atoms with Gasteiger partial charge in [-0.3, -0.25) is 4.79 Å². The molecule has 0 bridgehead atoms. The van der Waals surface area contributed by atoms with Crippen LogP contribution in [0.15, 0.2) is 60.7 Å². The van der Waals surface area contributed by atoms with Crippen LogP contribution in [0.5, 0.6) is 0 Å². The number of carbonyl (C=O) groups excluding carboxylic acids is 1. The van der Waals surface area contributed by atoms with Gasteiger partial charge in [0.05, 0.1) is 0 Å². The van der Waals surface area contributed by atoms with Crippen LogP contribution in [-0.4, -0.2) is 5.78 Å². The number of hydrogen-bond donors (Lipinski definition) is 0. The third kappa shape index (κ3) is 5.06. The lowest BCUT2D eigenvalue weighted by atomic mass is 9.71. The van der Waals surface area contributed by atoms with Crippen LogP contribution in [0.4, 0.5) is 0 Å². The van der Waals surface area contributed by atoms with E-state index in [-0.39, 0.29) is 16.6 Å². The lowest BCUT2D eigenvalue weighted by Gasteiger charge is -2.33. The quantitative estimate of drug-likeness (QED) is 0.594. The molecular formula is C22H28O. The molecular weight excluding hydrogens is 280 g/mol. The minimum Gasteiger partial charge on any atom is -0.294 e. The molecule has 2 aromatic carbocycles. The maximum atomic E-state index is 12.8. The van der Waals surface area contributed by atoms with E-state index in [1.54, 1.807) is 0 Å². The first kappa shape index (κ1) is 17.5. The molecule has 1 nitrogen and oxygen atoms in total. The van der Waals surface area contributed by atoms with Crippen molar-refractivity contribution in [1.82, 2.24) is 0 Å². The summed E-state index contributed by atoms with van der Waals surface area (Å²) < 4.78 is 0. The Morgan fingerprint density at radius 1 is 0.783 bits per heavy atom. The number of carbonyl (C=O) groups is 1. The fourth-order valence-electron chi connectivity index (χ4n) is 2.91. The molecule has 0 saturated heterocycles. The molecule has 0 aliphatic heterocycles. The minimum atomic E-state index is -0.124. The van der Waals surface area contributed by atoms with Gasteiger partial charge in [-0.1, -0.05) is 88.4 Å². The van der Waals surface area contributed by atoms with Crippen LogP contribution in [0.1, 0.15) is 62.9 Å². The molecule has 0 fully saturated rings.